The molecule has 1 saturated carbocycles. The zero-order chi connectivity index (χ0) is 12.5. The summed E-state index contributed by atoms with van der Waals surface area (Å²) in [7, 11) is 1.62. The number of fused-ring (bicyclic) bond motifs is 2. The number of nitrogens with one attached hydrogen (secondary N) is 1. The molecule has 2 aliphatic rings. The lowest BCUT2D eigenvalue weighted by molar-refractivity contribution is 0.0931. The highest BCUT2D eigenvalue weighted by molar-refractivity contribution is 5.94. The number of hydrogen-bond donors (Lipinski definition) is 1. The predicted molar refractivity (Wildman–Crippen MR) is 69.6 cm³/mol. The van der Waals surface area contributed by atoms with Crippen LogP contribution in [0.5, 0.6) is 5.75 Å². The van der Waals surface area contributed by atoms with E-state index in [9.17, 15) is 4.79 Å². The smallest absolute Gasteiger partial charge is 0.251 e. The van der Waals surface area contributed by atoms with Crippen LogP contribution in [-0.4, -0.2) is 19.1 Å². The summed E-state index contributed by atoms with van der Waals surface area (Å²) in [5.74, 6) is 2.01. The highest BCUT2D eigenvalue weighted by atomic mass is 16.5. The molecule has 0 aromatic heterocycles. The molecular weight excluding hydrogens is 226 g/mol. The number of carbonyl (C=O) groups excluding carboxylic acids is 1. The molecule has 3 atom stereocenters. The molecule has 94 valence electrons. The minimum atomic E-state index is 0.0172. The Morgan fingerprint density at radius 1 is 1.22 bits per heavy atom. The third-order valence-electron chi connectivity index (χ3n) is 3.95. The van der Waals surface area contributed by atoms with Gasteiger partial charge in [-0.15, -0.1) is 0 Å². The van der Waals surface area contributed by atoms with Gasteiger partial charge in [0.05, 0.1) is 7.11 Å². The molecule has 1 N–H and O–H groups in total. The summed E-state index contributed by atoms with van der Waals surface area (Å²) in [5.41, 5.74) is 0.697. The summed E-state index contributed by atoms with van der Waals surface area (Å²) in [4.78, 5) is 12.1. The molecule has 0 spiro atoms. The SMILES string of the molecule is COc1ccc(C(=O)N[C@H]2CC3C=CC2C3)cc1. The van der Waals surface area contributed by atoms with Crippen molar-refractivity contribution in [3.63, 3.8) is 0 Å². The van der Waals surface area contributed by atoms with Crippen LogP contribution in [0.25, 0.3) is 0 Å². The number of carbonyl (C=O) groups is 1. The van der Waals surface area contributed by atoms with E-state index in [1.165, 1.54) is 6.42 Å². The number of allylic oxidation sites excluding steroid dienone is 1. The second-order valence-corrected chi connectivity index (χ2v) is 5.09. The number of hydrogen-bond acceptors (Lipinski definition) is 2. The quantitative estimate of drug-likeness (QED) is 0.828. The highest BCUT2D eigenvalue weighted by Gasteiger charge is 2.36. The molecule has 2 bridgehead atoms. The first-order chi connectivity index (χ1) is 8.76. The average molecular weight is 243 g/mol. The standard InChI is InChI=1S/C15H17NO2/c1-18-13-6-4-11(5-7-13)15(17)16-14-9-10-2-3-12(14)8-10/h2-7,10,12,14H,8-9H2,1H3,(H,16,17)/t10?,12?,14-/m0/s1. The Kier molecular flexibility index (Phi) is 2.82. The Labute approximate surface area is 107 Å². The van der Waals surface area contributed by atoms with Gasteiger partial charge in [-0.2, -0.15) is 0 Å². The zero-order valence-electron chi connectivity index (χ0n) is 10.4. The van der Waals surface area contributed by atoms with E-state index in [4.69, 9.17) is 4.74 Å². The van der Waals surface area contributed by atoms with Crippen LogP contribution in [-0.2, 0) is 0 Å². The Balaban J connectivity index is 1.65. The monoisotopic (exact) mass is 243 g/mol. The molecule has 3 nitrogen and oxygen atoms in total. The normalized spacial score (nSPS) is 28.4. The van der Waals surface area contributed by atoms with E-state index in [0.717, 1.165) is 12.2 Å². The first-order valence-electron chi connectivity index (χ1n) is 6.39. The summed E-state index contributed by atoms with van der Waals surface area (Å²) in [5, 5.41) is 3.13. The molecule has 18 heavy (non-hydrogen) atoms. The maximum atomic E-state index is 12.1. The summed E-state index contributed by atoms with van der Waals surface area (Å²) in [6, 6.07) is 7.55. The van der Waals surface area contributed by atoms with Crippen molar-refractivity contribution in [2.24, 2.45) is 11.8 Å². The van der Waals surface area contributed by atoms with Gasteiger partial charge in [0, 0.05) is 11.6 Å². The van der Waals surface area contributed by atoms with E-state index < -0.39 is 0 Å². The van der Waals surface area contributed by atoms with Crippen molar-refractivity contribution in [2.45, 2.75) is 18.9 Å². The van der Waals surface area contributed by atoms with Crippen LogP contribution in [0.1, 0.15) is 23.2 Å². The summed E-state index contributed by atoms with van der Waals surface area (Å²) < 4.78 is 5.08. The zero-order valence-corrected chi connectivity index (χ0v) is 10.4. The Morgan fingerprint density at radius 3 is 2.56 bits per heavy atom. The lowest BCUT2D eigenvalue weighted by Crippen LogP contribution is -2.37. The molecule has 1 aromatic carbocycles. The Hall–Kier alpha value is -1.77. The van der Waals surface area contributed by atoms with Crippen molar-refractivity contribution in [2.75, 3.05) is 7.11 Å². The predicted octanol–water partition coefficient (Wildman–Crippen LogP) is 2.39. The van der Waals surface area contributed by atoms with E-state index in [0.29, 0.717) is 23.4 Å². The van der Waals surface area contributed by atoms with Crippen molar-refractivity contribution >= 4 is 5.91 Å². The second-order valence-electron chi connectivity index (χ2n) is 5.09. The minimum absolute atomic E-state index is 0.0172. The van der Waals surface area contributed by atoms with Crippen LogP contribution < -0.4 is 10.1 Å². The second kappa shape index (κ2) is 4.48. The van der Waals surface area contributed by atoms with Crippen LogP contribution in [0.15, 0.2) is 36.4 Å². The van der Waals surface area contributed by atoms with Gasteiger partial charge in [0.25, 0.3) is 5.91 Å². The van der Waals surface area contributed by atoms with Crippen LogP contribution in [0.2, 0.25) is 0 Å². The fraction of sp³-hybridized carbons (Fsp3) is 0.400. The van der Waals surface area contributed by atoms with Crippen molar-refractivity contribution in [3.8, 4) is 5.75 Å². The van der Waals surface area contributed by atoms with Gasteiger partial charge in [0.2, 0.25) is 0 Å². The maximum absolute atomic E-state index is 12.1. The number of methoxy groups -OCH3 is 1. The molecule has 2 unspecified atom stereocenters. The molecule has 0 heterocycles. The fourth-order valence-corrected chi connectivity index (χ4v) is 2.94. The van der Waals surface area contributed by atoms with E-state index in [-0.39, 0.29) is 5.91 Å². The molecular formula is C15H17NO2. The summed E-state index contributed by atoms with van der Waals surface area (Å²) in [6.45, 7) is 0. The van der Waals surface area contributed by atoms with Gasteiger partial charge in [-0.05, 0) is 48.9 Å². The van der Waals surface area contributed by atoms with Crippen LogP contribution in [0, 0.1) is 11.8 Å². The van der Waals surface area contributed by atoms with Gasteiger partial charge in [-0.1, -0.05) is 12.2 Å². The molecule has 0 radical (unpaired) electrons. The van der Waals surface area contributed by atoms with Gasteiger partial charge < -0.3 is 10.1 Å². The molecule has 2 aliphatic carbocycles. The number of rotatable bonds is 3. The topological polar surface area (TPSA) is 38.3 Å². The third-order valence-corrected chi connectivity index (χ3v) is 3.95. The first kappa shape index (κ1) is 11.3. The third kappa shape index (κ3) is 2.01. The highest BCUT2D eigenvalue weighted by Crippen LogP contribution is 2.39. The van der Waals surface area contributed by atoms with Gasteiger partial charge in [-0.3, -0.25) is 4.79 Å². The first-order valence-corrected chi connectivity index (χ1v) is 6.39. The van der Waals surface area contributed by atoms with E-state index >= 15 is 0 Å². The minimum Gasteiger partial charge on any atom is -0.497 e. The molecule has 3 rings (SSSR count). The van der Waals surface area contributed by atoms with Crippen molar-refractivity contribution in [1.29, 1.82) is 0 Å². The lowest BCUT2D eigenvalue weighted by atomic mass is 10.0. The summed E-state index contributed by atoms with van der Waals surface area (Å²) in [6.07, 6.45) is 6.81. The van der Waals surface area contributed by atoms with E-state index in [2.05, 4.69) is 17.5 Å². The Bertz CT molecular complexity index is 478. The van der Waals surface area contributed by atoms with Gasteiger partial charge in [0.1, 0.15) is 5.75 Å². The summed E-state index contributed by atoms with van der Waals surface area (Å²) >= 11 is 0. The van der Waals surface area contributed by atoms with Crippen molar-refractivity contribution < 1.29 is 9.53 Å². The molecule has 1 fully saturated rings. The maximum Gasteiger partial charge on any atom is 0.251 e. The molecule has 1 amide bonds. The lowest BCUT2D eigenvalue weighted by Gasteiger charge is -2.19. The van der Waals surface area contributed by atoms with Crippen molar-refractivity contribution in [3.05, 3.63) is 42.0 Å². The molecule has 1 aromatic rings. The Morgan fingerprint density at radius 2 is 2.00 bits per heavy atom. The van der Waals surface area contributed by atoms with Gasteiger partial charge in [0.15, 0.2) is 0 Å². The molecule has 0 aliphatic heterocycles. The number of ether oxygens (including phenoxy) is 1. The van der Waals surface area contributed by atoms with E-state index in [1.807, 2.05) is 12.1 Å². The van der Waals surface area contributed by atoms with Gasteiger partial charge >= 0.3 is 0 Å². The van der Waals surface area contributed by atoms with Crippen molar-refractivity contribution in [1.82, 2.24) is 5.32 Å². The number of amides is 1. The fourth-order valence-electron chi connectivity index (χ4n) is 2.94. The van der Waals surface area contributed by atoms with Crippen LogP contribution >= 0.6 is 0 Å². The van der Waals surface area contributed by atoms with Crippen LogP contribution in [0.4, 0.5) is 0 Å². The molecule has 0 saturated heterocycles. The number of benzene rings is 1. The van der Waals surface area contributed by atoms with E-state index in [1.54, 1.807) is 19.2 Å². The van der Waals surface area contributed by atoms with Gasteiger partial charge in [-0.25, -0.2) is 0 Å². The van der Waals surface area contributed by atoms with Crippen LogP contribution in [0.3, 0.4) is 0 Å². The average Bonchev–Trinajstić information content (AvgIpc) is 3.01. The molecule has 3 heteroatoms. The largest absolute Gasteiger partial charge is 0.497 e.